The van der Waals surface area contributed by atoms with Crippen molar-refractivity contribution in [2.45, 2.75) is 16.7 Å². The van der Waals surface area contributed by atoms with E-state index in [2.05, 4.69) is 26.0 Å². The van der Waals surface area contributed by atoms with Crippen molar-refractivity contribution in [3.63, 3.8) is 0 Å². The number of carbonyl (C=O) groups excluding carboxylic acids is 1. The van der Waals surface area contributed by atoms with Gasteiger partial charge in [0.1, 0.15) is 0 Å². The molecule has 0 saturated carbocycles. The van der Waals surface area contributed by atoms with Crippen LogP contribution < -0.4 is 10.0 Å². The molecule has 0 fully saturated rings. The molecule has 0 aliphatic heterocycles. The molecule has 23 heavy (non-hydrogen) atoms. The van der Waals surface area contributed by atoms with Crippen molar-refractivity contribution in [2.75, 3.05) is 16.3 Å². The van der Waals surface area contributed by atoms with Gasteiger partial charge in [0.15, 0.2) is 0 Å². The lowest BCUT2D eigenvalue weighted by atomic mass is 10.3. The van der Waals surface area contributed by atoms with Crippen molar-refractivity contribution in [3.8, 4) is 0 Å². The van der Waals surface area contributed by atoms with E-state index in [1.807, 2.05) is 6.26 Å². The molecular formula is C15H15BrN2O3S2. The zero-order valence-electron chi connectivity index (χ0n) is 12.5. The third-order valence-corrected chi connectivity index (χ3v) is 5.54. The molecule has 0 atom stereocenters. The Labute approximate surface area is 148 Å². The van der Waals surface area contributed by atoms with E-state index < -0.39 is 10.0 Å². The van der Waals surface area contributed by atoms with Crippen molar-refractivity contribution >= 4 is 55.0 Å². The number of thioether (sulfide) groups is 1. The monoisotopic (exact) mass is 414 g/mol. The second-order valence-corrected chi connectivity index (χ2v) is 8.11. The normalized spacial score (nSPS) is 11.1. The van der Waals surface area contributed by atoms with Crippen LogP contribution in [0.15, 0.2) is 56.7 Å². The molecule has 0 unspecified atom stereocenters. The molecule has 0 aliphatic carbocycles. The molecule has 0 aliphatic rings. The first-order valence-electron chi connectivity index (χ1n) is 6.56. The molecule has 5 nitrogen and oxygen atoms in total. The van der Waals surface area contributed by atoms with Gasteiger partial charge in [-0.1, -0.05) is 22.0 Å². The number of rotatable bonds is 5. The third kappa shape index (κ3) is 4.73. The van der Waals surface area contributed by atoms with Crippen molar-refractivity contribution in [2.24, 2.45) is 0 Å². The first-order valence-corrected chi connectivity index (χ1v) is 10.1. The lowest BCUT2D eigenvalue weighted by Crippen LogP contribution is -2.14. The highest BCUT2D eigenvalue weighted by Crippen LogP contribution is 2.29. The number of halogens is 1. The topological polar surface area (TPSA) is 75.3 Å². The summed E-state index contributed by atoms with van der Waals surface area (Å²) in [6.45, 7) is 1.38. The fourth-order valence-corrected chi connectivity index (χ4v) is 3.92. The van der Waals surface area contributed by atoms with Crippen LogP contribution in [0.3, 0.4) is 0 Å². The Morgan fingerprint density at radius 3 is 2.52 bits per heavy atom. The number of nitrogens with one attached hydrogen (secondary N) is 2. The fraction of sp³-hybridized carbons (Fsp3) is 0.133. The minimum atomic E-state index is -3.74. The first-order chi connectivity index (χ1) is 10.8. The summed E-state index contributed by atoms with van der Waals surface area (Å²) < 4.78 is 28.3. The van der Waals surface area contributed by atoms with Gasteiger partial charge in [-0.2, -0.15) is 0 Å². The molecule has 0 heterocycles. The van der Waals surface area contributed by atoms with Crippen molar-refractivity contribution in [1.82, 2.24) is 0 Å². The Morgan fingerprint density at radius 2 is 1.91 bits per heavy atom. The Kier molecular flexibility index (Phi) is 5.72. The van der Waals surface area contributed by atoms with Gasteiger partial charge in [-0.25, -0.2) is 8.42 Å². The van der Waals surface area contributed by atoms with Gasteiger partial charge in [0.05, 0.1) is 10.6 Å². The van der Waals surface area contributed by atoms with Crippen LogP contribution in [-0.4, -0.2) is 20.6 Å². The molecule has 0 radical (unpaired) electrons. The van der Waals surface area contributed by atoms with Crippen LogP contribution in [-0.2, 0) is 14.8 Å². The van der Waals surface area contributed by atoms with Crippen molar-refractivity contribution < 1.29 is 13.2 Å². The van der Waals surface area contributed by atoms with E-state index >= 15 is 0 Å². The number of carbonyl (C=O) groups is 1. The van der Waals surface area contributed by atoms with Crippen molar-refractivity contribution in [3.05, 3.63) is 46.9 Å². The average Bonchev–Trinajstić information content (AvgIpc) is 2.46. The minimum absolute atomic E-state index is 0.0824. The number of sulfonamides is 1. The summed E-state index contributed by atoms with van der Waals surface area (Å²) in [6.07, 6.45) is 1.86. The summed E-state index contributed by atoms with van der Waals surface area (Å²) in [6, 6.07) is 11.5. The second-order valence-electron chi connectivity index (χ2n) is 4.66. The minimum Gasteiger partial charge on any atom is -0.325 e. The lowest BCUT2D eigenvalue weighted by Gasteiger charge is -2.12. The highest BCUT2D eigenvalue weighted by atomic mass is 79.9. The number of anilines is 2. The molecule has 0 bridgehead atoms. The highest BCUT2D eigenvalue weighted by Gasteiger charge is 2.17. The van der Waals surface area contributed by atoms with E-state index in [0.29, 0.717) is 11.4 Å². The SMILES string of the molecule is CSc1ccc(S(=O)(=O)Nc2cccc(Br)c2)cc1NC(C)=O. The first kappa shape index (κ1) is 17.8. The van der Waals surface area contributed by atoms with E-state index in [-0.39, 0.29) is 10.8 Å². The zero-order chi connectivity index (χ0) is 17.0. The summed E-state index contributed by atoms with van der Waals surface area (Å²) in [5.41, 5.74) is 0.927. The molecule has 1 amide bonds. The molecule has 2 rings (SSSR count). The van der Waals surface area contributed by atoms with E-state index in [1.165, 1.54) is 30.8 Å². The third-order valence-electron chi connectivity index (χ3n) is 2.87. The van der Waals surface area contributed by atoms with E-state index in [9.17, 15) is 13.2 Å². The molecule has 122 valence electrons. The Hall–Kier alpha value is -1.51. The smallest absolute Gasteiger partial charge is 0.261 e. The maximum atomic E-state index is 12.5. The average molecular weight is 415 g/mol. The Bertz CT molecular complexity index is 838. The zero-order valence-corrected chi connectivity index (χ0v) is 15.7. The van der Waals surface area contributed by atoms with Gasteiger partial charge < -0.3 is 5.32 Å². The van der Waals surface area contributed by atoms with Crippen LogP contribution in [0, 0.1) is 0 Å². The molecule has 2 N–H and O–H groups in total. The van der Waals surface area contributed by atoms with Crippen LogP contribution in [0.2, 0.25) is 0 Å². The number of benzene rings is 2. The molecule has 2 aromatic rings. The predicted octanol–water partition coefficient (Wildman–Crippen LogP) is 3.93. The number of amides is 1. The quantitative estimate of drug-likeness (QED) is 0.726. The standard InChI is InChI=1S/C15H15BrN2O3S2/c1-10(19)17-14-9-13(6-7-15(14)22-2)23(20,21)18-12-5-3-4-11(16)8-12/h3-9,18H,1-2H3,(H,17,19). The van der Waals surface area contributed by atoms with E-state index in [0.717, 1.165) is 9.37 Å². The second kappa shape index (κ2) is 7.37. The summed E-state index contributed by atoms with van der Waals surface area (Å²) in [5.74, 6) is -0.255. The predicted molar refractivity (Wildman–Crippen MR) is 97.5 cm³/mol. The molecule has 2 aromatic carbocycles. The summed E-state index contributed by atoms with van der Waals surface area (Å²) >= 11 is 4.73. The fourth-order valence-electron chi connectivity index (χ4n) is 1.91. The number of hydrogen-bond acceptors (Lipinski definition) is 4. The van der Waals surface area contributed by atoms with Crippen LogP contribution in [0.1, 0.15) is 6.92 Å². The van der Waals surface area contributed by atoms with Gasteiger partial charge in [-0.15, -0.1) is 11.8 Å². The van der Waals surface area contributed by atoms with Gasteiger partial charge >= 0.3 is 0 Å². The summed E-state index contributed by atoms with van der Waals surface area (Å²) in [5, 5.41) is 2.65. The maximum absolute atomic E-state index is 12.5. The van der Waals surface area contributed by atoms with Crippen LogP contribution >= 0.6 is 27.7 Å². The molecular weight excluding hydrogens is 400 g/mol. The van der Waals surface area contributed by atoms with E-state index in [1.54, 1.807) is 30.3 Å². The van der Waals surface area contributed by atoms with Gasteiger partial charge in [0.2, 0.25) is 5.91 Å². The summed E-state index contributed by atoms with van der Waals surface area (Å²) in [7, 11) is -3.74. The highest BCUT2D eigenvalue weighted by molar-refractivity contribution is 9.10. The van der Waals surface area contributed by atoms with Gasteiger partial charge in [0, 0.05) is 22.0 Å². The van der Waals surface area contributed by atoms with E-state index in [4.69, 9.17) is 0 Å². The van der Waals surface area contributed by atoms with Gasteiger partial charge in [-0.3, -0.25) is 9.52 Å². The summed E-state index contributed by atoms with van der Waals surface area (Å²) in [4.78, 5) is 12.2. The molecule has 0 aromatic heterocycles. The van der Waals surface area contributed by atoms with Crippen LogP contribution in [0.5, 0.6) is 0 Å². The van der Waals surface area contributed by atoms with Gasteiger partial charge in [-0.05, 0) is 42.7 Å². The van der Waals surface area contributed by atoms with Crippen molar-refractivity contribution in [1.29, 1.82) is 0 Å². The van der Waals surface area contributed by atoms with Gasteiger partial charge in [0.25, 0.3) is 10.0 Å². The molecule has 0 saturated heterocycles. The largest absolute Gasteiger partial charge is 0.325 e. The Morgan fingerprint density at radius 1 is 1.17 bits per heavy atom. The number of hydrogen-bond donors (Lipinski definition) is 2. The Balaban J connectivity index is 2.37. The van der Waals surface area contributed by atoms with Crippen LogP contribution in [0.25, 0.3) is 0 Å². The van der Waals surface area contributed by atoms with Crippen LogP contribution in [0.4, 0.5) is 11.4 Å². The molecule has 0 spiro atoms. The maximum Gasteiger partial charge on any atom is 0.261 e. The molecule has 8 heteroatoms. The lowest BCUT2D eigenvalue weighted by molar-refractivity contribution is -0.114.